The zero-order valence-corrected chi connectivity index (χ0v) is 16.2. The van der Waals surface area contributed by atoms with Crippen LogP contribution in [0, 0.1) is 5.82 Å². The molecule has 138 valence electrons. The van der Waals surface area contributed by atoms with Gasteiger partial charge in [0, 0.05) is 11.7 Å². The van der Waals surface area contributed by atoms with Crippen LogP contribution in [0.3, 0.4) is 0 Å². The third-order valence-corrected chi connectivity index (χ3v) is 5.64. The summed E-state index contributed by atoms with van der Waals surface area (Å²) >= 11 is 3.19. The van der Waals surface area contributed by atoms with E-state index in [1.807, 2.05) is 6.92 Å². The van der Waals surface area contributed by atoms with E-state index < -0.39 is 15.8 Å². The number of fused-ring (bicyclic) bond motifs is 1. The first kappa shape index (κ1) is 18.8. The lowest BCUT2D eigenvalue weighted by atomic mass is 10.1. The summed E-state index contributed by atoms with van der Waals surface area (Å²) in [7, 11) is -3.80. The van der Waals surface area contributed by atoms with Crippen LogP contribution in [0.2, 0.25) is 0 Å². The Labute approximate surface area is 158 Å². The van der Waals surface area contributed by atoms with Gasteiger partial charge in [-0.1, -0.05) is 0 Å². The van der Waals surface area contributed by atoms with Crippen molar-refractivity contribution in [3.63, 3.8) is 0 Å². The Morgan fingerprint density at radius 3 is 2.73 bits per heavy atom. The van der Waals surface area contributed by atoms with Gasteiger partial charge in [0.15, 0.2) is 6.61 Å². The number of hydrogen-bond acceptors (Lipinski definition) is 4. The van der Waals surface area contributed by atoms with E-state index in [-0.39, 0.29) is 23.5 Å². The molecule has 1 amide bonds. The maximum Gasteiger partial charge on any atom is 0.265 e. The Kier molecular flexibility index (Phi) is 5.05. The number of primary sulfonamides is 1. The van der Waals surface area contributed by atoms with Crippen LogP contribution in [0.15, 0.2) is 45.8 Å². The summed E-state index contributed by atoms with van der Waals surface area (Å²) in [5, 5.41) is 5.16. The Hall–Kier alpha value is -1.97. The molecule has 0 aromatic heterocycles. The van der Waals surface area contributed by atoms with E-state index in [0.29, 0.717) is 22.3 Å². The lowest BCUT2D eigenvalue weighted by molar-refractivity contribution is -0.120. The van der Waals surface area contributed by atoms with Crippen LogP contribution in [0.5, 0.6) is 5.75 Å². The summed E-state index contributed by atoms with van der Waals surface area (Å²) < 4.78 is 42.0. The van der Waals surface area contributed by atoms with E-state index in [1.54, 1.807) is 11.0 Å². The fourth-order valence-electron chi connectivity index (χ4n) is 2.97. The molecule has 1 heterocycles. The molecule has 1 aliphatic rings. The molecular weight excluding hydrogens is 427 g/mol. The molecule has 2 N–H and O–H groups in total. The fraction of sp³-hybridized carbons (Fsp3) is 0.235. The number of amides is 1. The van der Waals surface area contributed by atoms with Crippen LogP contribution >= 0.6 is 15.9 Å². The summed E-state index contributed by atoms with van der Waals surface area (Å²) in [5.41, 5.74) is 1.37. The topological polar surface area (TPSA) is 89.7 Å². The van der Waals surface area contributed by atoms with Gasteiger partial charge in [0.05, 0.1) is 9.37 Å². The number of carbonyl (C=O) groups excluding carboxylic acids is 1. The predicted octanol–water partition coefficient (Wildman–Crippen LogP) is 2.59. The largest absolute Gasteiger partial charge is 0.483 e. The molecule has 3 rings (SSSR count). The van der Waals surface area contributed by atoms with Gasteiger partial charge in [0.25, 0.3) is 5.91 Å². The van der Waals surface area contributed by atoms with Gasteiger partial charge in [0.1, 0.15) is 11.6 Å². The number of hydrogen-bond donors (Lipinski definition) is 1. The highest BCUT2D eigenvalue weighted by molar-refractivity contribution is 9.10. The number of sulfonamides is 1. The van der Waals surface area contributed by atoms with Crippen molar-refractivity contribution in [2.75, 3.05) is 11.5 Å². The molecular formula is C17H16BrFN2O4S. The van der Waals surface area contributed by atoms with E-state index in [4.69, 9.17) is 9.88 Å². The first-order valence-electron chi connectivity index (χ1n) is 7.72. The maximum atomic E-state index is 13.1. The third-order valence-electron chi connectivity index (χ3n) is 4.11. The highest BCUT2D eigenvalue weighted by atomic mass is 79.9. The zero-order chi connectivity index (χ0) is 19.1. The molecule has 9 heteroatoms. The minimum absolute atomic E-state index is 0.0178. The lowest BCUT2D eigenvalue weighted by Gasteiger charge is -2.23. The molecule has 1 aliphatic heterocycles. The summed E-state index contributed by atoms with van der Waals surface area (Å²) in [5.74, 6) is -0.337. The molecule has 2 aromatic carbocycles. The SMILES string of the molecule is CC1Cc2cc(S(N)(=O)=O)ccc2N1C(=O)COc1ccc(F)cc1Br. The van der Waals surface area contributed by atoms with Crippen molar-refractivity contribution in [1.29, 1.82) is 0 Å². The third kappa shape index (κ3) is 3.74. The number of nitrogens with two attached hydrogens (primary N) is 1. The van der Waals surface area contributed by atoms with Crippen LogP contribution in [0.4, 0.5) is 10.1 Å². The summed E-state index contributed by atoms with van der Waals surface area (Å²) in [6.45, 7) is 1.63. The highest BCUT2D eigenvalue weighted by Gasteiger charge is 2.32. The monoisotopic (exact) mass is 442 g/mol. The van der Waals surface area contributed by atoms with Gasteiger partial charge in [0.2, 0.25) is 10.0 Å². The second-order valence-corrected chi connectivity index (χ2v) is 8.43. The molecule has 0 aliphatic carbocycles. The van der Waals surface area contributed by atoms with Gasteiger partial charge in [-0.3, -0.25) is 4.79 Å². The van der Waals surface area contributed by atoms with Crippen molar-refractivity contribution in [3.8, 4) is 5.75 Å². The van der Waals surface area contributed by atoms with Crippen LogP contribution in [-0.4, -0.2) is 27.0 Å². The molecule has 1 unspecified atom stereocenters. The Bertz CT molecular complexity index is 981. The molecule has 26 heavy (non-hydrogen) atoms. The summed E-state index contributed by atoms with van der Waals surface area (Å²) in [6, 6.07) is 8.23. The lowest BCUT2D eigenvalue weighted by Crippen LogP contribution is -2.39. The Balaban J connectivity index is 1.79. The highest BCUT2D eigenvalue weighted by Crippen LogP contribution is 2.34. The number of rotatable bonds is 4. The van der Waals surface area contributed by atoms with E-state index in [2.05, 4.69) is 15.9 Å². The average molecular weight is 443 g/mol. The van der Waals surface area contributed by atoms with Crippen molar-refractivity contribution >= 4 is 37.5 Å². The van der Waals surface area contributed by atoms with E-state index in [0.717, 1.165) is 5.56 Å². The van der Waals surface area contributed by atoms with Crippen LogP contribution in [0.1, 0.15) is 12.5 Å². The smallest absolute Gasteiger partial charge is 0.265 e. The van der Waals surface area contributed by atoms with Crippen molar-refractivity contribution in [2.24, 2.45) is 5.14 Å². The molecule has 0 bridgehead atoms. The average Bonchev–Trinajstić information content (AvgIpc) is 2.88. The molecule has 6 nitrogen and oxygen atoms in total. The molecule has 0 radical (unpaired) electrons. The zero-order valence-electron chi connectivity index (χ0n) is 13.8. The Morgan fingerprint density at radius 2 is 2.08 bits per heavy atom. The fourth-order valence-corrected chi connectivity index (χ4v) is 4.00. The molecule has 0 saturated heterocycles. The predicted molar refractivity (Wildman–Crippen MR) is 98.1 cm³/mol. The van der Waals surface area contributed by atoms with E-state index in [9.17, 15) is 17.6 Å². The number of benzene rings is 2. The van der Waals surface area contributed by atoms with Crippen molar-refractivity contribution in [3.05, 3.63) is 52.3 Å². The number of nitrogens with zero attached hydrogens (tertiary/aromatic N) is 1. The van der Waals surface area contributed by atoms with Gasteiger partial charge in [-0.15, -0.1) is 0 Å². The summed E-state index contributed by atoms with van der Waals surface area (Å²) in [4.78, 5) is 14.2. The second-order valence-electron chi connectivity index (χ2n) is 6.02. The quantitative estimate of drug-likeness (QED) is 0.787. The minimum Gasteiger partial charge on any atom is -0.483 e. The molecule has 2 aromatic rings. The van der Waals surface area contributed by atoms with Crippen molar-refractivity contribution in [1.82, 2.24) is 0 Å². The number of anilines is 1. The van der Waals surface area contributed by atoms with Gasteiger partial charge in [-0.2, -0.15) is 0 Å². The maximum absolute atomic E-state index is 13.1. The number of carbonyl (C=O) groups is 1. The van der Waals surface area contributed by atoms with Gasteiger partial charge in [-0.05, 0) is 71.2 Å². The normalized spacial score (nSPS) is 16.5. The van der Waals surface area contributed by atoms with Crippen LogP contribution < -0.4 is 14.8 Å². The van der Waals surface area contributed by atoms with E-state index >= 15 is 0 Å². The number of halogens is 2. The first-order valence-corrected chi connectivity index (χ1v) is 10.1. The van der Waals surface area contributed by atoms with Crippen molar-refractivity contribution < 1.29 is 22.3 Å². The minimum atomic E-state index is -3.80. The van der Waals surface area contributed by atoms with Crippen molar-refractivity contribution in [2.45, 2.75) is 24.3 Å². The molecule has 0 saturated carbocycles. The van der Waals surface area contributed by atoms with Gasteiger partial charge < -0.3 is 9.64 Å². The van der Waals surface area contributed by atoms with Crippen LogP contribution in [-0.2, 0) is 21.2 Å². The molecule has 1 atom stereocenters. The first-order chi connectivity index (χ1) is 12.2. The summed E-state index contributed by atoms with van der Waals surface area (Å²) in [6.07, 6.45) is 0.519. The number of ether oxygens (including phenoxy) is 1. The molecule has 0 spiro atoms. The second kappa shape index (κ2) is 6.98. The Morgan fingerprint density at radius 1 is 1.35 bits per heavy atom. The van der Waals surface area contributed by atoms with E-state index in [1.165, 1.54) is 30.3 Å². The molecule has 0 fully saturated rings. The standard InChI is InChI=1S/C17H16BrFN2O4S/c1-10-6-11-7-13(26(20,23)24)3-4-15(11)21(10)17(22)9-25-16-5-2-12(19)8-14(16)18/h2-5,7-8,10H,6,9H2,1H3,(H2,20,23,24). The van der Waals surface area contributed by atoms with Gasteiger partial charge >= 0.3 is 0 Å². The van der Waals surface area contributed by atoms with Crippen LogP contribution in [0.25, 0.3) is 0 Å². The van der Waals surface area contributed by atoms with Gasteiger partial charge in [-0.25, -0.2) is 17.9 Å².